The summed E-state index contributed by atoms with van der Waals surface area (Å²) in [5.74, 6) is -0.896. The highest BCUT2D eigenvalue weighted by Crippen LogP contribution is 2.27. The van der Waals surface area contributed by atoms with Crippen molar-refractivity contribution in [1.82, 2.24) is 0 Å². The minimum absolute atomic E-state index is 0.0847. The molecule has 0 aliphatic heterocycles. The van der Waals surface area contributed by atoms with E-state index >= 15 is 0 Å². The van der Waals surface area contributed by atoms with Crippen molar-refractivity contribution in [1.29, 1.82) is 0 Å². The number of amides is 1. The first-order chi connectivity index (χ1) is 8.19. The van der Waals surface area contributed by atoms with E-state index in [-0.39, 0.29) is 15.7 Å². The number of carbonyl (C=O) groups excluding carboxylic acids is 1. The highest BCUT2D eigenvalue weighted by molar-refractivity contribution is 6.35. The molecule has 0 radical (unpaired) electrons. The predicted octanol–water partition coefficient (Wildman–Crippen LogP) is 4.24. The number of hydrogen-bond donors (Lipinski definition) is 1. The van der Waals surface area contributed by atoms with Crippen molar-refractivity contribution in [3.8, 4) is 0 Å². The topological polar surface area (TPSA) is 38.3 Å². The SMILES string of the molecule is O=C(Nc1cc(Cl)c(F)c(Cl)c1)OCC(F)(F)F. The van der Waals surface area contributed by atoms with Crippen LogP contribution in [-0.2, 0) is 4.74 Å². The van der Waals surface area contributed by atoms with Gasteiger partial charge in [-0.15, -0.1) is 0 Å². The summed E-state index contributed by atoms with van der Waals surface area (Å²) < 4.78 is 52.1. The molecule has 3 nitrogen and oxygen atoms in total. The third-order valence-electron chi connectivity index (χ3n) is 1.60. The van der Waals surface area contributed by atoms with Crippen molar-refractivity contribution in [2.45, 2.75) is 6.18 Å². The number of carbonyl (C=O) groups is 1. The largest absolute Gasteiger partial charge is 0.440 e. The summed E-state index contributed by atoms with van der Waals surface area (Å²) in [7, 11) is 0. The van der Waals surface area contributed by atoms with E-state index in [4.69, 9.17) is 23.2 Å². The first kappa shape index (κ1) is 14.8. The van der Waals surface area contributed by atoms with Crippen molar-refractivity contribution in [3.63, 3.8) is 0 Å². The predicted molar refractivity (Wildman–Crippen MR) is 57.4 cm³/mol. The summed E-state index contributed by atoms with van der Waals surface area (Å²) in [5.41, 5.74) is -0.0847. The number of nitrogens with one attached hydrogen (secondary N) is 1. The molecule has 1 aromatic rings. The van der Waals surface area contributed by atoms with Gasteiger partial charge in [0.05, 0.1) is 10.0 Å². The van der Waals surface area contributed by atoms with Crippen molar-refractivity contribution < 1.29 is 27.1 Å². The standard InChI is InChI=1S/C9H5Cl2F4NO2/c10-5-1-4(2-6(11)7(5)12)16-8(17)18-3-9(13,14)15/h1-2H,3H2,(H,16,17). The Labute approximate surface area is 109 Å². The van der Waals surface area contributed by atoms with Gasteiger partial charge in [-0.05, 0) is 12.1 Å². The van der Waals surface area contributed by atoms with Gasteiger partial charge >= 0.3 is 12.3 Å². The molecule has 0 atom stereocenters. The molecule has 1 rings (SSSR count). The minimum Gasteiger partial charge on any atom is -0.440 e. The molecular formula is C9H5Cl2F4NO2. The Kier molecular flexibility index (Phi) is 4.64. The van der Waals surface area contributed by atoms with E-state index in [1.807, 2.05) is 5.32 Å². The molecule has 0 bridgehead atoms. The van der Waals surface area contributed by atoms with Crippen LogP contribution in [0.15, 0.2) is 12.1 Å². The van der Waals surface area contributed by atoms with E-state index in [2.05, 4.69) is 4.74 Å². The third-order valence-corrected chi connectivity index (χ3v) is 2.15. The van der Waals surface area contributed by atoms with Crippen LogP contribution in [-0.4, -0.2) is 18.9 Å². The fraction of sp³-hybridized carbons (Fsp3) is 0.222. The lowest BCUT2D eigenvalue weighted by Gasteiger charge is -2.09. The Balaban J connectivity index is 2.65. The van der Waals surface area contributed by atoms with Crippen LogP contribution in [0.25, 0.3) is 0 Å². The second kappa shape index (κ2) is 5.62. The first-order valence-electron chi connectivity index (χ1n) is 4.34. The van der Waals surface area contributed by atoms with Crippen LogP contribution in [0.4, 0.5) is 28.0 Å². The fourth-order valence-electron chi connectivity index (χ4n) is 0.929. The molecule has 0 unspecified atom stereocenters. The van der Waals surface area contributed by atoms with Crippen LogP contribution < -0.4 is 5.32 Å². The van der Waals surface area contributed by atoms with Gasteiger partial charge in [-0.1, -0.05) is 23.2 Å². The van der Waals surface area contributed by atoms with E-state index < -0.39 is 24.7 Å². The molecule has 0 saturated carbocycles. The zero-order chi connectivity index (χ0) is 13.9. The van der Waals surface area contributed by atoms with Gasteiger partial charge < -0.3 is 4.74 Å². The fourth-order valence-corrected chi connectivity index (χ4v) is 1.42. The highest BCUT2D eigenvalue weighted by Gasteiger charge is 2.29. The third kappa shape index (κ3) is 4.58. The summed E-state index contributed by atoms with van der Waals surface area (Å²) in [6.45, 7) is -1.73. The minimum atomic E-state index is -4.63. The maximum atomic E-state index is 13.0. The Hall–Kier alpha value is -1.21. The Morgan fingerprint density at radius 1 is 1.28 bits per heavy atom. The molecule has 0 aromatic heterocycles. The van der Waals surface area contributed by atoms with Gasteiger partial charge in [0.2, 0.25) is 0 Å². The average molecular weight is 306 g/mol. The van der Waals surface area contributed by atoms with Gasteiger partial charge in [0.15, 0.2) is 12.4 Å². The smallest absolute Gasteiger partial charge is 0.422 e. The first-order valence-corrected chi connectivity index (χ1v) is 5.09. The van der Waals surface area contributed by atoms with Crippen molar-refractivity contribution >= 4 is 35.0 Å². The van der Waals surface area contributed by atoms with E-state index in [1.54, 1.807) is 0 Å². The number of ether oxygens (including phenoxy) is 1. The van der Waals surface area contributed by atoms with Crippen molar-refractivity contribution in [2.75, 3.05) is 11.9 Å². The van der Waals surface area contributed by atoms with Gasteiger partial charge in [-0.25, -0.2) is 9.18 Å². The van der Waals surface area contributed by atoms with Crippen LogP contribution in [0.5, 0.6) is 0 Å². The van der Waals surface area contributed by atoms with Crippen LogP contribution in [0.1, 0.15) is 0 Å². The van der Waals surface area contributed by atoms with Crippen molar-refractivity contribution in [3.05, 3.63) is 28.0 Å². The molecule has 1 amide bonds. The van der Waals surface area contributed by atoms with Crippen LogP contribution in [0, 0.1) is 5.82 Å². The number of anilines is 1. The van der Waals surface area contributed by atoms with Crippen molar-refractivity contribution in [2.24, 2.45) is 0 Å². The second-order valence-corrected chi connectivity index (χ2v) is 3.88. The van der Waals surface area contributed by atoms with E-state index in [9.17, 15) is 22.4 Å². The second-order valence-electron chi connectivity index (χ2n) is 3.07. The van der Waals surface area contributed by atoms with Crippen LogP contribution in [0.3, 0.4) is 0 Å². The summed E-state index contributed by atoms with van der Waals surface area (Å²) in [6, 6.07) is 1.97. The Morgan fingerprint density at radius 2 is 1.78 bits per heavy atom. The molecule has 0 saturated heterocycles. The quantitative estimate of drug-likeness (QED) is 0.655. The lowest BCUT2D eigenvalue weighted by molar-refractivity contribution is -0.159. The molecule has 0 aliphatic rings. The number of hydrogen-bond acceptors (Lipinski definition) is 2. The summed E-state index contributed by atoms with van der Waals surface area (Å²) in [4.78, 5) is 11.0. The molecule has 0 spiro atoms. The number of alkyl halides is 3. The number of halogens is 6. The van der Waals surface area contributed by atoms with E-state index in [0.29, 0.717) is 0 Å². The average Bonchev–Trinajstić information content (AvgIpc) is 2.22. The van der Waals surface area contributed by atoms with Gasteiger partial charge in [-0.2, -0.15) is 13.2 Å². The molecule has 1 aromatic carbocycles. The normalized spacial score (nSPS) is 11.2. The van der Waals surface area contributed by atoms with Gasteiger partial charge in [0, 0.05) is 5.69 Å². The molecule has 18 heavy (non-hydrogen) atoms. The lowest BCUT2D eigenvalue weighted by Crippen LogP contribution is -2.23. The van der Waals surface area contributed by atoms with Gasteiger partial charge in [-0.3, -0.25) is 5.32 Å². The molecule has 100 valence electrons. The molecule has 9 heteroatoms. The van der Waals surface area contributed by atoms with E-state index in [0.717, 1.165) is 12.1 Å². The molecule has 0 fully saturated rings. The number of benzene rings is 1. The molecule has 1 N–H and O–H groups in total. The van der Waals surface area contributed by atoms with Gasteiger partial charge in [0.1, 0.15) is 0 Å². The zero-order valence-electron chi connectivity index (χ0n) is 8.45. The summed E-state index contributed by atoms with van der Waals surface area (Å²) >= 11 is 10.8. The van der Waals surface area contributed by atoms with Crippen LogP contribution >= 0.6 is 23.2 Å². The Bertz CT molecular complexity index is 441. The van der Waals surface area contributed by atoms with Gasteiger partial charge in [0.25, 0.3) is 0 Å². The molecular weight excluding hydrogens is 301 g/mol. The maximum Gasteiger partial charge on any atom is 0.422 e. The number of rotatable bonds is 2. The summed E-state index contributed by atoms with van der Waals surface area (Å²) in [6.07, 6.45) is -5.99. The monoisotopic (exact) mass is 305 g/mol. The Morgan fingerprint density at radius 3 is 2.22 bits per heavy atom. The van der Waals surface area contributed by atoms with E-state index in [1.165, 1.54) is 0 Å². The summed E-state index contributed by atoms with van der Waals surface area (Å²) in [5, 5.41) is 1.16. The zero-order valence-corrected chi connectivity index (χ0v) is 9.96. The van der Waals surface area contributed by atoms with Crippen LogP contribution in [0.2, 0.25) is 10.0 Å². The lowest BCUT2D eigenvalue weighted by atomic mass is 10.3. The molecule has 0 aliphatic carbocycles. The highest BCUT2D eigenvalue weighted by atomic mass is 35.5. The molecule has 0 heterocycles. The maximum absolute atomic E-state index is 13.0.